The van der Waals surface area contributed by atoms with Gasteiger partial charge < -0.3 is 4.42 Å². The molecule has 4 nitrogen and oxygen atoms in total. The molecule has 0 atom stereocenters. The molecule has 28 heavy (non-hydrogen) atoms. The lowest BCUT2D eigenvalue weighted by molar-refractivity contribution is 0.669. The molecule has 4 aromatic heterocycles. The van der Waals surface area contributed by atoms with Crippen LogP contribution >= 0.6 is 0 Å². The number of imidazole rings is 1. The summed E-state index contributed by atoms with van der Waals surface area (Å²) in [4.78, 5) is 9.61. The van der Waals surface area contributed by atoms with Crippen molar-refractivity contribution in [3.05, 3.63) is 79.0 Å². The maximum atomic E-state index is 6.15. The van der Waals surface area contributed by atoms with Crippen LogP contribution in [0.15, 0.2) is 83.4 Å². The number of nitrogens with zero attached hydrogens (tertiary/aromatic N) is 3. The first-order chi connectivity index (χ1) is 13.9. The fraction of sp³-hybridized carbons (Fsp3) is 0. The van der Waals surface area contributed by atoms with Crippen molar-refractivity contribution in [3.8, 4) is 0 Å². The maximum Gasteiger partial charge on any atom is 0.165 e. The zero-order valence-electron chi connectivity index (χ0n) is 14.8. The zero-order chi connectivity index (χ0) is 18.2. The Morgan fingerprint density at radius 1 is 0.679 bits per heavy atom. The Morgan fingerprint density at radius 2 is 1.54 bits per heavy atom. The molecule has 0 N–H and O–H groups in total. The van der Waals surface area contributed by atoms with Crippen molar-refractivity contribution in [1.29, 1.82) is 0 Å². The van der Waals surface area contributed by atoms with Gasteiger partial charge in [0, 0.05) is 27.7 Å². The van der Waals surface area contributed by atoms with Crippen LogP contribution in [-0.2, 0) is 0 Å². The summed E-state index contributed by atoms with van der Waals surface area (Å²) in [6, 6.07) is 24.8. The largest absolute Gasteiger partial charge is 0.456 e. The second-order valence-electron chi connectivity index (χ2n) is 7.09. The number of rotatable bonds is 0. The first kappa shape index (κ1) is 14.2. The van der Waals surface area contributed by atoms with Gasteiger partial charge in [0.15, 0.2) is 5.65 Å². The molecule has 4 heteroatoms. The summed E-state index contributed by atoms with van der Waals surface area (Å²) in [6.45, 7) is 0. The van der Waals surface area contributed by atoms with Gasteiger partial charge in [-0.2, -0.15) is 0 Å². The highest BCUT2D eigenvalue weighted by Crippen LogP contribution is 2.39. The van der Waals surface area contributed by atoms with Crippen molar-refractivity contribution in [1.82, 2.24) is 14.4 Å². The van der Waals surface area contributed by atoms with E-state index >= 15 is 0 Å². The molecule has 0 spiro atoms. The average molecular weight is 359 g/mol. The number of furan rings is 1. The highest BCUT2D eigenvalue weighted by atomic mass is 16.3. The van der Waals surface area contributed by atoms with Crippen LogP contribution in [0.25, 0.3) is 60.4 Å². The summed E-state index contributed by atoms with van der Waals surface area (Å²) < 4.78 is 8.37. The van der Waals surface area contributed by atoms with Gasteiger partial charge in [-0.15, -0.1) is 0 Å². The summed E-state index contributed by atoms with van der Waals surface area (Å²) in [6.07, 6.45) is 1.83. The van der Waals surface area contributed by atoms with Gasteiger partial charge in [-0.05, 0) is 36.4 Å². The van der Waals surface area contributed by atoms with Gasteiger partial charge >= 0.3 is 0 Å². The molecule has 4 heterocycles. The minimum absolute atomic E-state index is 0.886. The van der Waals surface area contributed by atoms with E-state index < -0.39 is 0 Å². The van der Waals surface area contributed by atoms with Gasteiger partial charge in [-0.3, -0.25) is 9.38 Å². The third kappa shape index (κ3) is 1.61. The molecular weight excluding hydrogens is 346 g/mol. The summed E-state index contributed by atoms with van der Waals surface area (Å²) in [5.74, 6) is 0. The first-order valence-corrected chi connectivity index (χ1v) is 9.28. The summed E-state index contributed by atoms with van der Waals surface area (Å²) in [5, 5.41) is 4.50. The monoisotopic (exact) mass is 359 g/mol. The fourth-order valence-corrected chi connectivity index (χ4v) is 4.48. The molecule has 7 aromatic rings. The molecule has 0 radical (unpaired) electrons. The normalized spacial score (nSPS) is 12.3. The van der Waals surface area contributed by atoms with Crippen LogP contribution in [0.5, 0.6) is 0 Å². The Labute approximate surface area is 158 Å². The van der Waals surface area contributed by atoms with Crippen molar-refractivity contribution in [3.63, 3.8) is 0 Å². The van der Waals surface area contributed by atoms with Gasteiger partial charge in [-0.25, -0.2) is 4.98 Å². The molecule has 0 amide bonds. The Bertz CT molecular complexity index is 1710. The first-order valence-electron chi connectivity index (χ1n) is 9.28. The molecule has 0 fully saturated rings. The van der Waals surface area contributed by atoms with Crippen molar-refractivity contribution in [2.75, 3.05) is 0 Å². The Hall–Kier alpha value is -3.92. The Kier molecular flexibility index (Phi) is 2.46. The van der Waals surface area contributed by atoms with Crippen LogP contribution in [0.2, 0.25) is 0 Å². The van der Waals surface area contributed by atoms with Crippen LogP contribution in [0, 0.1) is 0 Å². The number of para-hydroxylation sites is 3. The van der Waals surface area contributed by atoms with Crippen molar-refractivity contribution in [2.24, 2.45) is 0 Å². The Morgan fingerprint density at radius 3 is 2.54 bits per heavy atom. The van der Waals surface area contributed by atoms with Gasteiger partial charge in [0.05, 0.1) is 16.6 Å². The lowest BCUT2D eigenvalue weighted by Gasteiger charge is -2.09. The van der Waals surface area contributed by atoms with E-state index in [1.807, 2.05) is 30.5 Å². The van der Waals surface area contributed by atoms with E-state index in [2.05, 4.69) is 52.9 Å². The quantitative estimate of drug-likeness (QED) is 0.308. The maximum absolute atomic E-state index is 6.15. The zero-order valence-corrected chi connectivity index (χ0v) is 14.8. The van der Waals surface area contributed by atoms with Gasteiger partial charge in [0.2, 0.25) is 0 Å². The fourth-order valence-electron chi connectivity index (χ4n) is 4.48. The average Bonchev–Trinajstić information content (AvgIpc) is 3.32. The summed E-state index contributed by atoms with van der Waals surface area (Å²) in [5.41, 5.74) is 6.75. The van der Waals surface area contributed by atoms with Crippen LogP contribution in [0.4, 0.5) is 0 Å². The van der Waals surface area contributed by atoms with Gasteiger partial charge in [0.1, 0.15) is 16.7 Å². The summed E-state index contributed by atoms with van der Waals surface area (Å²) >= 11 is 0. The predicted octanol–water partition coefficient (Wildman–Crippen LogP) is 6.09. The second kappa shape index (κ2) is 4.87. The predicted molar refractivity (Wildman–Crippen MR) is 113 cm³/mol. The molecule has 0 unspecified atom stereocenters. The molecule has 0 aliphatic carbocycles. The molecule has 0 saturated carbocycles. The van der Waals surface area contributed by atoms with Crippen LogP contribution < -0.4 is 0 Å². The van der Waals surface area contributed by atoms with Gasteiger partial charge in [-0.1, -0.05) is 36.4 Å². The standard InChI is InChI=1S/C24H13N3O/c1-4-10-19-14(6-1)22-20(28-19)12-11-18-21(22)15-7-5-13-25-23(15)24-26-16-8-2-3-9-17(16)27(18)24/h1-13H. The number of aromatic nitrogens is 3. The van der Waals surface area contributed by atoms with Crippen molar-refractivity contribution >= 4 is 60.4 Å². The third-order valence-electron chi connectivity index (χ3n) is 5.61. The molecule has 0 aliphatic rings. The second-order valence-corrected chi connectivity index (χ2v) is 7.09. The molecule has 0 aliphatic heterocycles. The molecule has 0 bridgehead atoms. The van der Waals surface area contributed by atoms with Crippen LogP contribution in [-0.4, -0.2) is 14.4 Å². The molecule has 7 rings (SSSR count). The lowest BCUT2D eigenvalue weighted by atomic mass is 10.0. The third-order valence-corrected chi connectivity index (χ3v) is 5.61. The van der Waals surface area contributed by atoms with Crippen LogP contribution in [0.1, 0.15) is 0 Å². The van der Waals surface area contributed by atoms with E-state index in [4.69, 9.17) is 14.4 Å². The van der Waals surface area contributed by atoms with Crippen LogP contribution in [0.3, 0.4) is 0 Å². The van der Waals surface area contributed by atoms with E-state index in [9.17, 15) is 0 Å². The molecular formula is C24H13N3O. The molecule has 3 aromatic carbocycles. The minimum atomic E-state index is 0.886. The number of hydrogen-bond acceptors (Lipinski definition) is 3. The van der Waals surface area contributed by atoms with E-state index in [1.54, 1.807) is 0 Å². The molecule has 0 saturated heterocycles. The minimum Gasteiger partial charge on any atom is -0.456 e. The number of hydrogen-bond donors (Lipinski definition) is 0. The highest BCUT2D eigenvalue weighted by molar-refractivity contribution is 6.27. The number of fused-ring (bicyclic) bond motifs is 12. The lowest BCUT2D eigenvalue weighted by Crippen LogP contribution is -1.93. The number of pyridine rings is 2. The molecule has 130 valence electrons. The summed E-state index contributed by atoms with van der Waals surface area (Å²) in [7, 11) is 0. The van der Waals surface area contributed by atoms with Gasteiger partial charge in [0.25, 0.3) is 0 Å². The SMILES string of the molecule is c1ccc2c(c1)nc1c3ncccc3c3c4c(ccc3n21)oc1ccccc14. The van der Waals surface area contributed by atoms with E-state index in [-0.39, 0.29) is 0 Å². The Balaban J connectivity index is 1.92. The van der Waals surface area contributed by atoms with E-state index in [0.29, 0.717) is 0 Å². The number of benzene rings is 3. The smallest absolute Gasteiger partial charge is 0.165 e. The van der Waals surface area contributed by atoms with Crippen molar-refractivity contribution < 1.29 is 4.42 Å². The van der Waals surface area contributed by atoms with E-state index in [0.717, 1.165) is 60.4 Å². The topological polar surface area (TPSA) is 43.3 Å². The van der Waals surface area contributed by atoms with Crippen molar-refractivity contribution in [2.45, 2.75) is 0 Å². The van der Waals surface area contributed by atoms with E-state index in [1.165, 1.54) is 0 Å². The highest BCUT2D eigenvalue weighted by Gasteiger charge is 2.18.